The predicted octanol–water partition coefficient (Wildman–Crippen LogP) is 16.0. The van der Waals surface area contributed by atoms with E-state index in [2.05, 4.69) is 276 Å². The zero-order valence-corrected chi connectivity index (χ0v) is 49.2. The number of aryl methyl sites for hydroxylation is 14. The van der Waals surface area contributed by atoms with Gasteiger partial charge in [-0.05, 0) is 179 Å². The third-order valence-electron chi connectivity index (χ3n) is 15.5. The van der Waals surface area contributed by atoms with Crippen LogP contribution in [0.1, 0.15) is 152 Å². The molecule has 0 bridgehead atoms. The molecule has 4 nitrogen and oxygen atoms in total. The molecule has 4 aromatic heterocycles. The SMILES string of the molecule is CCc1ccc(-c2ccc(C(C)C)cc2C)[n+](C)c1.CCc1ccc(-c2ccc(C)cc2C)[n+](C)c1.CCc1ccc(-c2ccc(CC)c[n+]2C)c(C)c1.Cc1ccc(-c2ccc(C3CCCCC3)cc2C)[n+](C)c1. The van der Waals surface area contributed by atoms with E-state index in [9.17, 15) is 0 Å². The Hall–Kier alpha value is -6.52. The van der Waals surface area contributed by atoms with Crippen molar-refractivity contribution in [3.63, 3.8) is 0 Å². The summed E-state index contributed by atoms with van der Waals surface area (Å²) in [6, 6.07) is 45.1. The van der Waals surface area contributed by atoms with E-state index < -0.39 is 0 Å². The van der Waals surface area contributed by atoms with Crippen LogP contribution in [-0.2, 0) is 53.9 Å². The molecule has 4 heteroatoms. The predicted molar refractivity (Wildman–Crippen MR) is 318 cm³/mol. The summed E-state index contributed by atoms with van der Waals surface area (Å²) in [7, 11) is 8.51. The van der Waals surface area contributed by atoms with Gasteiger partial charge in [0.05, 0.1) is 0 Å². The summed E-state index contributed by atoms with van der Waals surface area (Å²) < 4.78 is 8.91. The van der Waals surface area contributed by atoms with E-state index in [0.29, 0.717) is 5.92 Å². The first-order valence-corrected chi connectivity index (χ1v) is 28.3. The largest absolute Gasteiger partial charge is 0.212 e. The fraction of sp³-hybridized carbons (Fsp3) is 0.380. The number of pyridine rings is 4. The van der Waals surface area contributed by atoms with Crippen LogP contribution in [0.15, 0.2) is 146 Å². The molecule has 0 saturated heterocycles. The van der Waals surface area contributed by atoms with Gasteiger partial charge in [0.2, 0.25) is 22.8 Å². The summed E-state index contributed by atoms with van der Waals surface area (Å²) in [6.45, 7) is 26.4. The van der Waals surface area contributed by atoms with E-state index in [0.717, 1.165) is 31.6 Å². The first-order chi connectivity index (χ1) is 35.9. The Labute approximate surface area is 454 Å². The van der Waals surface area contributed by atoms with Crippen LogP contribution >= 0.6 is 0 Å². The number of aromatic nitrogens is 4. The van der Waals surface area contributed by atoms with Crippen molar-refractivity contribution in [1.82, 2.24) is 0 Å². The average Bonchev–Trinajstić information content (AvgIpc) is 3.40. The Morgan fingerprint density at radius 1 is 0.373 bits per heavy atom. The Balaban J connectivity index is 0.000000163. The number of benzene rings is 4. The van der Waals surface area contributed by atoms with E-state index in [1.165, 1.54) is 138 Å². The lowest BCUT2D eigenvalue weighted by atomic mass is 9.83. The van der Waals surface area contributed by atoms with Crippen LogP contribution in [0.5, 0.6) is 0 Å². The summed E-state index contributed by atoms with van der Waals surface area (Å²) in [5.41, 5.74) is 27.0. The maximum atomic E-state index is 2.42. The van der Waals surface area contributed by atoms with Gasteiger partial charge in [0.15, 0.2) is 24.8 Å². The highest BCUT2D eigenvalue weighted by atomic mass is 14.9. The standard InChI is InChI=1S/C20H26N.C18H24N.C17H22N.C16H20N/c1-15-9-12-20(21(3)14-15)19-11-10-18(13-16(19)2)17-7-5-4-6-8-17;1-6-15-7-10-18(19(5)12-15)17-9-8-16(13(2)3)11-14(17)4;1-5-14-7-9-16(13(3)11-14)17-10-8-15(6-2)12-18(17)4;1-5-14-7-9-16(17(4)11-14)15-8-6-12(2)10-13(15)3/h9-14,17H,4-8H2,1-3H3;7-13H,6H2,1-5H3;7-12H,5-6H2,1-4H3;6-11H,5H2,1-4H3/q4*+1. The summed E-state index contributed by atoms with van der Waals surface area (Å²) in [5, 5.41) is 0. The molecule has 0 unspecified atom stereocenters. The lowest BCUT2D eigenvalue weighted by molar-refractivity contribution is -0.660. The minimum atomic E-state index is 0.587. The third-order valence-corrected chi connectivity index (χ3v) is 15.5. The zero-order valence-electron chi connectivity index (χ0n) is 49.2. The van der Waals surface area contributed by atoms with Crippen LogP contribution in [0.2, 0.25) is 0 Å². The number of hydrogen-bond acceptors (Lipinski definition) is 0. The van der Waals surface area contributed by atoms with Crippen LogP contribution in [-0.4, -0.2) is 0 Å². The van der Waals surface area contributed by atoms with Crippen LogP contribution in [0, 0.1) is 41.5 Å². The highest BCUT2D eigenvalue weighted by molar-refractivity contribution is 5.64. The van der Waals surface area contributed by atoms with Gasteiger partial charge in [-0.3, -0.25) is 0 Å². The molecule has 1 aliphatic carbocycles. The number of hydrogen-bond donors (Lipinski definition) is 0. The van der Waals surface area contributed by atoms with E-state index >= 15 is 0 Å². The Morgan fingerprint density at radius 2 is 0.747 bits per heavy atom. The minimum absolute atomic E-state index is 0.587. The summed E-state index contributed by atoms with van der Waals surface area (Å²) in [6.07, 6.45) is 20.2. The van der Waals surface area contributed by atoms with E-state index in [4.69, 9.17) is 0 Å². The summed E-state index contributed by atoms with van der Waals surface area (Å²) in [5.74, 6) is 1.38. The Kier molecular flexibility index (Phi) is 21.0. The first kappa shape index (κ1) is 57.8. The lowest BCUT2D eigenvalue weighted by Gasteiger charge is -2.22. The molecular formula is C71H92N4+4. The van der Waals surface area contributed by atoms with Crippen molar-refractivity contribution in [1.29, 1.82) is 0 Å². The Bertz CT molecular complexity index is 3120. The van der Waals surface area contributed by atoms with Crippen LogP contribution in [0.4, 0.5) is 0 Å². The Morgan fingerprint density at radius 3 is 1.15 bits per heavy atom. The van der Waals surface area contributed by atoms with Crippen molar-refractivity contribution in [2.45, 2.75) is 153 Å². The molecular weight excluding hydrogens is 909 g/mol. The van der Waals surface area contributed by atoms with Crippen LogP contribution in [0.3, 0.4) is 0 Å². The molecule has 1 aliphatic rings. The molecule has 8 aromatic rings. The summed E-state index contributed by atoms with van der Waals surface area (Å²) in [4.78, 5) is 0. The molecule has 1 fully saturated rings. The van der Waals surface area contributed by atoms with Crippen molar-refractivity contribution in [3.05, 3.63) is 213 Å². The van der Waals surface area contributed by atoms with Crippen LogP contribution < -0.4 is 18.3 Å². The molecule has 0 N–H and O–H groups in total. The minimum Gasteiger partial charge on any atom is -0.201 e. The molecule has 4 aromatic carbocycles. The molecule has 0 atom stereocenters. The molecule has 9 rings (SSSR count). The van der Waals surface area contributed by atoms with E-state index in [1.54, 1.807) is 5.56 Å². The lowest BCUT2D eigenvalue weighted by Crippen LogP contribution is -2.31. The van der Waals surface area contributed by atoms with Gasteiger partial charge >= 0.3 is 0 Å². The maximum absolute atomic E-state index is 2.42. The molecule has 75 heavy (non-hydrogen) atoms. The zero-order chi connectivity index (χ0) is 54.3. The van der Waals surface area contributed by atoms with Crippen molar-refractivity contribution in [3.8, 4) is 45.0 Å². The van der Waals surface area contributed by atoms with Crippen molar-refractivity contribution >= 4 is 0 Å². The second kappa shape index (κ2) is 27.3. The van der Waals surface area contributed by atoms with Gasteiger partial charge in [-0.1, -0.05) is 115 Å². The summed E-state index contributed by atoms with van der Waals surface area (Å²) >= 11 is 0. The second-order valence-electron chi connectivity index (χ2n) is 21.8. The highest BCUT2D eigenvalue weighted by Crippen LogP contribution is 2.35. The monoisotopic (exact) mass is 1000 g/mol. The van der Waals surface area contributed by atoms with Crippen molar-refractivity contribution in [2.75, 3.05) is 0 Å². The fourth-order valence-corrected chi connectivity index (χ4v) is 10.8. The molecule has 0 spiro atoms. The maximum Gasteiger partial charge on any atom is 0.212 e. The highest BCUT2D eigenvalue weighted by Gasteiger charge is 2.20. The number of nitrogens with zero attached hydrogens (tertiary/aromatic N) is 4. The van der Waals surface area contributed by atoms with Gasteiger partial charge in [-0.2, -0.15) is 0 Å². The van der Waals surface area contributed by atoms with Crippen LogP contribution in [0.25, 0.3) is 45.0 Å². The van der Waals surface area contributed by atoms with Crippen molar-refractivity contribution < 1.29 is 18.3 Å². The smallest absolute Gasteiger partial charge is 0.201 e. The van der Waals surface area contributed by atoms with Gasteiger partial charge in [-0.15, -0.1) is 0 Å². The van der Waals surface area contributed by atoms with Gasteiger partial charge < -0.3 is 0 Å². The molecule has 4 heterocycles. The second-order valence-corrected chi connectivity index (χ2v) is 21.8. The van der Waals surface area contributed by atoms with Gasteiger partial charge in [0.1, 0.15) is 28.2 Å². The average molecular weight is 1000 g/mol. The fourth-order valence-electron chi connectivity index (χ4n) is 10.8. The molecule has 392 valence electrons. The van der Waals surface area contributed by atoms with E-state index in [1.807, 2.05) is 0 Å². The quantitative estimate of drug-likeness (QED) is 0.121. The first-order valence-electron chi connectivity index (χ1n) is 28.3. The molecule has 0 aliphatic heterocycles. The molecule has 0 radical (unpaired) electrons. The topological polar surface area (TPSA) is 15.5 Å². The molecule has 0 amide bonds. The van der Waals surface area contributed by atoms with Gasteiger partial charge in [0.25, 0.3) is 0 Å². The number of rotatable bonds is 10. The van der Waals surface area contributed by atoms with E-state index in [-0.39, 0.29) is 0 Å². The third kappa shape index (κ3) is 15.3. The van der Waals surface area contributed by atoms with Crippen molar-refractivity contribution in [2.24, 2.45) is 28.2 Å². The molecule has 1 saturated carbocycles. The normalized spacial score (nSPS) is 12.3. The van der Waals surface area contributed by atoms with Gasteiger partial charge in [-0.25, -0.2) is 18.3 Å². The van der Waals surface area contributed by atoms with Gasteiger partial charge in [0, 0.05) is 68.8 Å².